The number of hydrogen-bond acceptors (Lipinski definition) is 7. The maximum atomic E-state index is 15.3. The van der Waals surface area contributed by atoms with Gasteiger partial charge in [-0.3, -0.25) is 14.5 Å². The largest absolute Gasteiger partial charge is 0.497 e. The molecule has 2 saturated heterocycles. The highest BCUT2D eigenvalue weighted by Gasteiger charge is 2.66. The van der Waals surface area contributed by atoms with Crippen LogP contribution in [0.3, 0.4) is 0 Å². The third-order valence-corrected chi connectivity index (χ3v) is 17.0. The minimum atomic E-state index is -2.54. The van der Waals surface area contributed by atoms with Crippen molar-refractivity contribution in [3.63, 3.8) is 0 Å². The minimum absolute atomic E-state index is 0.0547. The Bertz CT molecular complexity index is 2150. The zero-order chi connectivity index (χ0) is 38.6. The number of halogens is 1. The van der Waals surface area contributed by atoms with Gasteiger partial charge in [0.15, 0.2) is 5.60 Å². The van der Waals surface area contributed by atoms with Gasteiger partial charge in [0.1, 0.15) is 12.4 Å². The summed E-state index contributed by atoms with van der Waals surface area (Å²) < 4.78 is 17.9. The van der Waals surface area contributed by atoms with Gasteiger partial charge in [0.25, 0.3) is 5.91 Å². The van der Waals surface area contributed by atoms with Crippen molar-refractivity contribution >= 4 is 54.1 Å². The Hall–Kier alpha value is -4.68. The molecule has 0 unspecified atom stereocenters. The van der Waals surface area contributed by atoms with Gasteiger partial charge in [0.2, 0.25) is 5.91 Å². The Balaban J connectivity index is 1.18. The van der Waals surface area contributed by atoms with E-state index in [-0.39, 0.29) is 48.9 Å². The van der Waals surface area contributed by atoms with Crippen molar-refractivity contribution in [2.45, 2.75) is 69.2 Å². The van der Waals surface area contributed by atoms with Gasteiger partial charge in [-0.15, -0.1) is 0 Å². The van der Waals surface area contributed by atoms with Crippen molar-refractivity contribution < 1.29 is 33.7 Å². The van der Waals surface area contributed by atoms with E-state index in [0.717, 1.165) is 27.6 Å². The molecule has 5 atom stereocenters. The first-order valence-electron chi connectivity index (χ1n) is 18.9. The highest BCUT2D eigenvalue weighted by Crippen LogP contribution is 2.60. The molecule has 10 nitrogen and oxygen atoms in total. The molecule has 4 aromatic carbocycles. The predicted octanol–water partition coefficient (Wildman–Crippen LogP) is 6.40. The third-order valence-electron chi connectivity index (χ3n) is 12.4. The van der Waals surface area contributed by atoms with Gasteiger partial charge in [-0.25, -0.2) is 4.79 Å². The molecule has 2 fully saturated rings. The molecular weight excluding hydrogens is 734 g/mol. The van der Waals surface area contributed by atoms with Crippen molar-refractivity contribution in [3.05, 3.63) is 118 Å². The SMILES string of the molecule is COc1ccc([Si](C)(C)[C@H]2[C@H](CC(=O)N3Cc4ccccc4C[C@H]3CO)O[C@@]3(C(=O)N(Cc4cccc(N5CCOC5=O)c4)c4ccc(Cl)cc43)[C@@H]2C)cc1. The molecule has 4 aliphatic rings. The number of amides is 3. The van der Waals surface area contributed by atoms with Gasteiger partial charge < -0.3 is 29.1 Å². The smallest absolute Gasteiger partial charge is 0.414 e. The summed E-state index contributed by atoms with van der Waals surface area (Å²) in [6.45, 7) is 7.93. The quantitative estimate of drug-likeness (QED) is 0.196. The number of rotatable bonds is 9. The van der Waals surface area contributed by atoms with Gasteiger partial charge in [-0.2, -0.15) is 0 Å². The normalized spacial score (nSPS) is 24.7. The molecule has 8 rings (SSSR count). The Labute approximate surface area is 327 Å². The molecule has 0 radical (unpaired) electrons. The topological polar surface area (TPSA) is 109 Å². The number of ether oxygens (including phenoxy) is 3. The van der Waals surface area contributed by atoms with Crippen LogP contribution in [-0.2, 0) is 44.2 Å². The molecule has 0 bridgehead atoms. The Kier molecular flexibility index (Phi) is 9.77. The number of nitrogens with zero attached hydrogens (tertiary/aromatic N) is 3. The average molecular weight is 780 g/mol. The fourth-order valence-electron chi connectivity index (χ4n) is 9.61. The van der Waals surface area contributed by atoms with E-state index in [1.165, 1.54) is 0 Å². The maximum Gasteiger partial charge on any atom is 0.414 e. The summed E-state index contributed by atoms with van der Waals surface area (Å²) in [6.07, 6.45) is -0.378. The number of cyclic esters (lactones) is 1. The average Bonchev–Trinajstić information content (AvgIpc) is 3.82. The number of methoxy groups -OCH3 is 1. The van der Waals surface area contributed by atoms with Crippen LogP contribution in [0, 0.1) is 5.92 Å². The standard InChI is InChI=1S/C43H46ClN3O7Si/c1-27-40(55(3,4)35-15-13-34(52-2)14-16-35)38(23-39(49)46-25-30-10-6-5-9-29(30)21-33(46)26-48)54-43(27)36-22-31(44)12-17-37(36)47(41(43)50)24-28-8-7-11-32(20-28)45-18-19-53-42(45)51/h5-17,20,22,27,33,38,40,48H,18-19,21,23-26H2,1-4H3/t27-,33+,38+,40-,43+/m1/s1. The van der Waals surface area contributed by atoms with E-state index in [1.54, 1.807) is 27.9 Å². The van der Waals surface area contributed by atoms with Crippen molar-refractivity contribution in [1.82, 2.24) is 4.90 Å². The molecule has 0 aliphatic carbocycles. The molecule has 1 spiro atoms. The van der Waals surface area contributed by atoms with Crippen molar-refractivity contribution in [2.24, 2.45) is 5.92 Å². The van der Waals surface area contributed by atoms with Crippen molar-refractivity contribution in [3.8, 4) is 5.75 Å². The molecular formula is C43H46ClN3O7Si. The minimum Gasteiger partial charge on any atom is -0.497 e. The van der Waals surface area contributed by atoms with Crippen LogP contribution in [0.25, 0.3) is 0 Å². The van der Waals surface area contributed by atoms with Crippen LogP contribution >= 0.6 is 11.6 Å². The van der Waals surface area contributed by atoms with Crippen LogP contribution in [0.2, 0.25) is 23.7 Å². The number of aliphatic hydroxyl groups excluding tert-OH is 1. The summed E-state index contributed by atoms with van der Waals surface area (Å²) in [5.74, 6) is 0.0926. The van der Waals surface area contributed by atoms with Gasteiger partial charge in [-0.05, 0) is 71.1 Å². The number of carbonyl (C=O) groups excluding carboxylic acids is 3. The number of carbonyl (C=O) groups is 3. The summed E-state index contributed by atoms with van der Waals surface area (Å²) in [5.41, 5.74) is 3.56. The molecule has 4 aromatic rings. The van der Waals surface area contributed by atoms with E-state index in [2.05, 4.69) is 38.2 Å². The number of fused-ring (bicyclic) bond motifs is 3. The van der Waals surface area contributed by atoms with Crippen molar-refractivity contribution in [1.29, 1.82) is 0 Å². The number of anilines is 2. The monoisotopic (exact) mass is 779 g/mol. The predicted molar refractivity (Wildman–Crippen MR) is 214 cm³/mol. The lowest BCUT2D eigenvalue weighted by atomic mass is 9.82. The fraction of sp³-hybridized carbons (Fsp3) is 0.372. The van der Waals surface area contributed by atoms with E-state index < -0.39 is 25.9 Å². The van der Waals surface area contributed by atoms with Crippen LogP contribution in [0.15, 0.2) is 91.0 Å². The molecule has 4 heterocycles. The lowest BCUT2D eigenvalue weighted by Gasteiger charge is -2.39. The lowest BCUT2D eigenvalue weighted by molar-refractivity contribution is -0.151. The molecule has 55 heavy (non-hydrogen) atoms. The van der Waals surface area contributed by atoms with Crippen LogP contribution in [0.1, 0.15) is 35.6 Å². The van der Waals surface area contributed by atoms with Crippen LogP contribution in [-0.4, -0.2) is 75.0 Å². The fourth-order valence-corrected chi connectivity index (χ4v) is 13.8. The van der Waals surface area contributed by atoms with Crippen molar-refractivity contribution in [2.75, 3.05) is 36.7 Å². The van der Waals surface area contributed by atoms with Gasteiger partial charge in [0, 0.05) is 28.7 Å². The van der Waals surface area contributed by atoms with E-state index in [9.17, 15) is 14.7 Å². The van der Waals surface area contributed by atoms with E-state index >= 15 is 4.79 Å². The summed E-state index contributed by atoms with van der Waals surface area (Å²) in [6, 6.07) is 28.9. The molecule has 1 N–H and O–H groups in total. The number of aliphatic hydroxyl groups is 1. The Morgan fingerprint density at radius 1 is 1.00 bits per heavy atom. The highest BCUT2D eigenvalue weighted by atomic mass is 35.5. The molecule has 12 heteroatoms. The second-order valence-corrected chi connectivity index (χ2v) is 20.8. The van der Waals surface area contributed by atoms with E-state index in [0.29, 0.717) is 48.1 Å². The summed E-state index contributed by atoms with van der Waals surface area (Å²) >= 11 is 6.72. The summed E-state index contributed by atoms with van der Waals surface area (Å²) in [7, 11) is -0.901. The Morgan fingerprint density at radius 3 is 2.47 bits per heavy atom. The second-order valence-electron chi connectivity index (χ2n) is 15.7. The van der Waals surface area contributed by atoms with Crippen LogP contribution < -0.4 is 19.7 Å². The number of hydrogen-bond donors (Lipinski definition) is 1. The maximum absolute atomic E-state index is 15.3. The Morgan fingerprint density at radius 2 is 1.76 bits per heavy atom. The third kappa shape index (κ3) is 6.31. The van der Waals surface area contributed by atoms with Gasteiger partial charge >= 0.3 is 6.09 Å². The molecule has 286 valence electrons. The first kappa shape index (κ1) is 37.3. The van der Waals surface area contributed by atoms with Crippen LogP contribution in [0.5, 0.6) is 5.75 Å². The first-order chi connectivity index (χ1) is 26.5. The molecule has 0 saturated carbocycles. The summed E-state index contributed by atoms with van der Waals surface area (Å²) in [5, 5.41) is 12.1. The molecule has 3 amide bonds. The van der Waals surface area contributed by atoms with Gasteiger partial charge in [0.05, 0.1) is 59.1 Å². The zero-order valence-corrected chi connectivity index (χ0v) is 33.3. The number of benzene rings is 4. The molecule has 0 aromatic heterocycles. The van der Waals surface area contributed by atoms with Gasteiger partial charge in [-0.1, -0.05) is 85.3 Å². The first-order valence-corrected chi connectivity index (χ1v) is 22.4. The molecule has 4 aliphatic heterocycles. The second kappa shape index (κ2) is 14.4. The van der Waals surface area contributed by atoms with E-state index in [1.807, 2.05) is 66.7 Å². The van der Waals surface area contributed by atoms with E-state index in [4.69, 9.17) is 25.8 Å². The summed E-state index contributed by atoms with van der Waals surface area (Å²) in [4.78, 5) is 47.4. The highest BCUT2D eigenvalue weighted by molar-refractivity contribution is 6.91. The zero-order valence-electron chi connectivity index (χ0n) is 31.5. The van der Waals surface area contributed by atoms with Crippen LogP contribution in [0.4, 0.5) is 16.2 Å². The lowest BCUT2D eigenvalue weighted by Crippen LogP contribution is -2.52.